The van der Waals surface area contributed by atoms with E-state index < -0.39 is 10.0 Å². The number of hydrogen-bond donors (Lipinski definition) is 1. The third kappa shape index (κ3) is 2.02. The van der Waals surface area contributed by atoms with Crippen LogP contribution in [0.3, 0.4) is 0 Å². The van der Waals surface area contributed by atoms with E-state index in [1.165, 1.54) is 13.1 Å². The molecule has 1 aromatic carbocycles. The lowest BCUT2D eigenvalue weighted by Gasteiger charge is -2.06. The highest BCUT2D eigenvalue weighted by molar-refractivity contribution is 7.89. The summed E-state index contributed by atoms with van der Waals surface area (Å²) >= 11 is 5.84. The highest BCUT2D eigenvalue weighted by atomic mass is 35.5. The van der Waals surface area contributed by atoms with E-state index in [1.54, 1.807) is 19.1 Å². The van der Waals surface area contributed by atoms with Crippen molar-refractivity contribution < 1.29 is 8.42 Å². The molecular formula is C8H10ClNO2S. The van der Waals surface area contributed by atoms with Crippen LogP contribution in [-0.4, -0.2) is 15.5 Å². The molecule has 72 valence electrons. The summed E-state index contributed by atoms with van der Waals surface area (Å²) in [5, 5.41) is 0.275. The van der Waals surface area contributed by atoms with Gasteiger partial charge in [0.1, 0.15) is 4.90 Å². The van der Waals surface area contributed by atoms with E-state index in [0.717, 1.165) is 5.56 Å². The lowest BCUT2D eigenvalue weighted by molar-refractivity contribution is 0.588. The SMILES string of the molecule is CNS(=O)(=O)c1cccc(C)c1Cl. The Morgan fingerprint density at radius 2 is 2.00 bits per heavy atom. The van der Waals surface area contributed by atoms with Crippen molar-refractivity contribution >= 4 is 21.6 Å². The third-order valence-corrected chi connectivity index (χ3v) is 3.79. The number of aryl methyl sites for hydroxylation is 1. The molecule has 0 aromatic heterocycles. The van der Waals surface area contributed by atoms with E-state index in [2.05, 4.69) is 4.72 Å². The van der Waals surface area contributed by atoms with Crippen LogP contribution in [0.1, 0.15) is 5.56 Å². The maximum absolute atomic E-state index is 11.4. The first-order chi connectivity index (χ1) is 5.99. The summed E-state index contributed by atoms with van der Waals surface area (Å²) < 4.78 is 25.0. The van der Waals surface area contributed by atoms with Gasteiger partial charge in [0.05, 0.1) is 5.02 Å². The van der Waals surface area contributed by atoms with Crippen molar-refractivity contribution in [2.45, 2.75) is 11.8 Å². The lowest BCUT2D eigenvalue weighted by Crippen LogP contribution is -2.19. The predicted molar refractivity (Wildman–Crippen MR) is 52.4 cm³/mol. The van der Waals surface area contributed by atoms with Crippen LogP contribution in [0.4, 0.5) is 0 Å². The van der Waals surface area contributed by atoms with E-state index >= 15 is 0 Å². The molecule has 13 heavy (non-hydrogen) atoms. The van der Waals surface area contributed by atoms with Gasteiger partial charge >= 0.3 is 0 Å². The summed E-state index contributed by atoms with van der Waals surface area (Å²) in [4.78, 5) is 0.122. The van der Waals surface area contributed by atoms with Gasteiger partial charge in [-0.2, -0.15) is 0 Å². The van der Waals surface area contributed by atoms with Crippen LogP contribution in [0, 0.1) is 6.92 Å². The van der Waals surface area contributed by atoms with Crippen LogP contribution >= 0.6 is 11.6 Å². The molecule has 0 aliphatic rings. The topological polar surface area (TPSA) is 46.2 Å². The van der Waals surface area contributed by atoms with Crippen molar-refractivity contribution in [2.75, 3.05) is 7.05 Å². The highest BCUT2D eigenvalue weighted by Gasteiger charge is 2.15. The summed E-state index contributed by atoms with van der Waals surface area (Å²) in [6.07, 6.45) is 0. The van der Waals surface area contributed by atoms with Crippen LogP contribution in [0.2, 0.25) is 5.02 Å². The number of nitrogens with one attached hydrogen (secondary N) is 1. The van der Waals surface area contributed by atoms with E-state index in [1.807, 2.05) is 0 Å². The smallest absolute Gasteiger partial charge is 0.214 e. The number of rotatable bonds is 2. The molecule has 5 heteroatoms. The normalized spacial score (nSPS) is 11.6. The fourth-order valence-corrected chi connectivity index (χ4v) is 2.24. The Labute approximate surface area is 82.8 Å². The Hall–Kier alpha value is -0.580. The predicted octanol–water partition coefficient (Wildman–Crippen LogP) is 1.56. The largest absolute Gasteiger partial charge is 0.241 e. The minimum atomic E-state index is -3.43. The first-order valence-corrected chi connectivity index (χ1v) is 5.54. The maximum Gasteiger partial charge on any atom is 0.241 e. The molecule has 1 aromatic rings. The average molecular weight is 220 g/mol. The summed E-state index contributed by atoms with van der Waals surface area (Å²) in [5.74, 6) is 0. The molecular weight excluding hydrogens is 210 g/mol. The fourth-order valence-electron chi connectivity index (χ4n) is 0.938. The van der Waals surface area contributed by atoms with Crippen molar-refractivity contribution in [2.24, 2.45) is 0 Å². The van der Waals surface area contributed by atoms with E-state index in [4.69, 9.17) is 11.6 Å². The minimum absolute atomic E-state index is 0.122. The Balaban J connectivity index is 3.40. The average Bonchev–Trinajstić information content (AvgIpc) is 2.09. The summed E-state index contributed by atoms with van der Waals surface area (Å²) in [6.45, 7) is 1.76. The maximum atomic E-state index is 11.4. The molecule has 0 saturated heterocycles. The van der Waals surface area contributed by atoms with Crippen LogP contribution in [0.5, 0.6) is 0 Å². The lowest BCUT2D eigenvalue weighted by atomic mass is 10.2. The second kappa shape index (κ2) is 3.65. The zero-order chi connectivity index (χ0) is 10.1. The zero-order valence-electron chi connectivity index (χ0n) is 7.33. The van der Waals surface area contributed by atoms with Crippen molar-refractivity contribution in [3.63, 3.8) is 0 Å². The Morgan fingerprint density at radius 3 is 2.54 bits per heavy atom. The highest BCUT2D eigenvalue weighted by Crippen LogP contribution is 2.23. The zero-order valence-corrected chi connectivity index (χ0v) is 8.91. The van der Waals surface area contributed by atoms with E-state index in [-0.39, 0.29) is 9.92 Å². The van der Waals surface area contributed by atoms with E-state index in [0.29, 0.717) is 0 Å². The van der Waals surface area contributed by atoms with Crippen molar-refractivity contribution in [3.05, 3.63) is 28.8 Å². The van der Waals surface area contributed by atoms with Crippen molar-refractivity contribution in [3.8, 4) is 0 Å². The van der Waals surface area contributed by atoms with Gasteiger partial charge in [-0.3, -0.25) is 0 Å². The second-order valence-corrected chi connectivity index (χ2v) is 4.83. The summed E-state index contributed by atoms with van der Waals surface area (Å²) in [7, 11) is -2.08. The molecule has 0 saturated carbocycles. The monoisotopic (exact) mass is 219 g/mol. The summed E-state index contributed by atoms with van der Waals surface area (Å²) in [6, 6.07) is 4.89. The number of hydrogen-bond acceptors (Lipinski definition) is 2. The molecule has 0 spiro atoms. The quantitative estimate of drug-likeness (QED) is 0.821. The molecule has 0 radical (unpaired) electrons. The van der Waals surface area contributed by atoms with Crippen LogP contribution < -0.4 is 4.72 Å². The minimum Gasteiger partial charge on any atom is -0.214 e. The molecule has 0 unspecified atom stereocenters. The molecule has 0 amide bonds. The molecule has 1 rings (SSSR count). The number of halogens is 1. The molecule has 0 atom stereocenters. The molecule has 0 aliphatic carbocycles. The van der Waals surface area contributed by atoms with E-state index in [9.17, 15) is 8.42 Å². The summed E-state index contributed by atoms with van der Waals surface area (Å²) in [5.41, 5.74) is 0.748. The van der Waals surface area contributed by atoms with Crippen LogP contribution in [-0.2, 0) is 10.0 Å². The van der Waals surface area contributed by atoms with Gasteiger partial charge in [-0.15, -0.1) is 0 Å². The Morgan fingerprint density at radius 1 is 1.38 bits per heavy atom. The molecule has 0 aliphatic heterocycles. The fraction of sp³-hybridized carbons (Fsp3) is 0.250. The first-order valence-electron chi connectivity index (χ1n) is 3.67. The van der Waals surface area contributed by atoms with Gasteiger partial charge < -0.3 is 0 Å². The number of sulfonamides is 1. The van der Waals surface area contributed by atoms with Crippen LogP contribution in [0.25, 0.3) is 0 Å². The standard InChI is InChI=1S/C8H10ClNO2S/c1-6-4-3-5-7(8(6)9)13(11,12)10-2/h3-5,10H,1-2H3. The van der Waals surface area contributed by atoms with Gasteiger partial charge in [0.2, 0.25) is 10.0 Å². The van der Waals surface area contributed by atoms with Gasteiger partial charge in [-0.05, 0) is 25.6 Å². The molecule has 0 fully saturated rings. The van der Waals surface area contributed by atoms with Gasteiger partial charge in [0.25, 0.3) is 0 Å². The third-order valence-electron chi connectivity index (χ3n) is 1.71. The van der Waals surface area contributed by atoms with Gasteiger partial charge in [0.15, 0.2) is 0 Å². The van der Waals surface area contributed by atoms with Crippen molar-refractivity contribution in [1.29, 1.82) is 0 Å². The Bertz CT molecular complexity index is 414. The second-order valence-electron chi connectivity index (χ2n) is 2.59. The molecule has 0 heterocycles. The van der Waals surface area contributed by atoms with Crippen LogP contribution in [0.15, 0.2) is 23.1 Å². The molecule has 3 nitrogen and oxygen atoms in total. The Kier molecular flexibility index (Phi) is 2.95. The van der Waals surface area contributed by atoms with Gasteiger partial charge in [0, 0.05) is 0 Å². The number of benzene rings is 1. The molecule has 0 bridgehead atoms. The van der Waals surface area contributed by atoms with Gasteiger partial charge in [-0.1, -0.05) is 23.7 Å². The first kappa shape index (κ1) is 10.5. The van der Waals surface area contributed by atoms with Gasteiger partial charge in [-0.25, -0.2) is 13.1 Å². The molecule has 1 N–H and O–H groups in total. The van der Waals surface area contributed by atoms with Crippen molar-refractivity contribution in [1.82, 2.24) is 4.72 Å².